The lowest BCUT2D eigenvalue weighted by atomic mass is 9.82. The number of carbonyl (C=O) groups excluding carboxylic acids is 1. The molecule has 108 valence electrons. The highest BCUT2D eigenvalue weighted by Crippen LogP contribution is 2.37. The molecule has 1 aromatic heterocycles. The summed E-state index contributed by atoms with van der Waals surface area (Å²) < 4.78 is 7.82. The summed E-state index contributed by atoms with van der Waals surface area (Å²) in [5, 5.41) is 15.7. The first-order valence-electron chi connectivity index (χ1n) is 6.74. The molecule has 2 rings (SSSR count). The molecule has 0 aromatic carbocycles. The molecule has 20 heavy (non-hydrogen) atoms. The van der Waals surface area contributed by atoms with Gasteiger partial charge >= 0.3 is 0 Å². The Labute approximate surface area is 118 Å². The monoisotopic (exact) mass is 276 g/mol. The number of carbonyl (C=O) groups is 1. The van der Waals surface area contributed by atoms with Crippen molar-refractivity contribution in [2.75, 3.05) is 0 Å². The van der Waals surface area contributed by atoms with E-state index in [0.717, 1.165) is 6.42 Å². The highest BCUT2D eigenvalue weighted by atomic mass is 16.5. The highest BCUT2D eigenvalue weighted by molar-refractivity contribution is 5.78. The number of nitriles is 1. The third kappa shape index (κ3) is 3.36. The van der Waals surface area contributed by atoms with Gasteiger partial charge in [-0.25, -0.2) is 0 Å². The van der Waals surface area contributed by atoms with Crippen LogP contribution in [-0.2, 0) is 9.53 Å². The zero-order chi connectivity index (χ0) is 14.8. The van der Waals surface area contributed by atoms with Gasteiger partial charge in [0, 0.05) is 12.4 Å². The SMILES string of the molecule is CC(C)(C)O[C@@H]1C[C@@H](NC(=O)CC#N)[C@H]1n1cccn1. The summed E-state index contributed by atoms with van der Waals surface area (Å²) in [6.07, 6.45) is 4.21. The van der Waals surface area contributed by atoms with Gasteiger partial charge in [0.05, 0.1) is 29.9 Å². The maximum absolute atomic E-state index is 11.5. The largest absolute Gasteiger partial charge is 0.370 e. The van der Waals surface area contributed by atoms with Gasteiger partial charge < -0.3 is 10.1 Å². The lowest BCUT2D eigenvalue weighted by Gasteiger charge is -2.46. The summed E-state index contributed by atoms with van der Waals surface area (Å²) in [4.78, 5) is 11.5. The Morgan fingerprint density at radius 1 is 1.60 bits per heavy atom. The number of ether oxygens (including phenoxy) is 1. The molecule has 1 aliphatic rings. The average Bonchev–Trinajstić information content (AvgIpc) is 2.79. The molecule has 6 heteroatoms. The van der Waals surface area contributed by atoms with Crippen molar-refractivity contribution in [2.45, 2.75) is 57.4 Å². The van der Waals surface area contributed by atoms with Crippen LogP contribution in [0.25, 0.3) is 0 Å². The van der Waals surface area contributed by atoms with Crippen molar-refractivity contribution >= 4 is 5.91 Å². The maximum Gasteiger partial charge on any atom is 0.234 e. The van der Waals surface area contributed by atoms with Crippen LogP contribution in [0.15, 0.2) is 18.5 Å². The molecule has 1 aromatic rings. The standard InChI is InChI=1S/C14H20N4O2/c1-14(2,3)20-11-9-10(17-12(19)5-6-15)13(11)18-8-4-7-16-18/h4,7-8,10-11,13H,5,9H2,1-3H3,(H,17,19)/t10-,11-,13-/m1/s1. The minimum Gasteiger partial charge on any atom is -0.370 e. The number of aromatic nitrogens is 2. The molecular weight excluding hydrogens is 256 g/mol. The molecule has 1 aliphatic carbocycles. The molecule has 0 unspecified atom stereocenters. The van der Waals surface area contributed by atoms with E-state index < -0.39 is 0 Å². The van der Waals surface area contributed by atoms with E-state index in [1.165, 1.54) is 0 Å². The average molecular weight is 276 g/mol. The van der Waals surface area contributed by atoms with Crippen LogP contribution in [0.4, 0.5) is 0 Å². The van der Waals surface area contributed by atoms with E-state index in [9.17, 15) is 4.79 Å². The second kappa shape index (κ2) is 5.63. The van der Waals surface area contributed by atoms with Crippen molar-refractivity contribution in [3.8, 4) is 6.07 Å². The molecule has 0 aliphatic heterocycles. The fourth-order valence-electron chi connectivity index (χ4n) is 2.45. The molecular formula is C14H20N4O2. The Hall–Kier alpha value is -1.87. The van der Waals surface area contributed by atoms with Crippen molar-refractivity contribution in [1.82, 2.24) is 15.1 Å². The van der Waals surface area contributed by atoms with Crippen LogP contribution < -0.4 is 5.32 Å². The Bertz CT molecular complexity index is 498. The zero-order valence-corrected chi connectivity index (χ0v) is 12.0. The fraction of sp³-hybridized carbons (Fsp3) is 0.643. The Morgan fingerprint density at radius 3 is 2.90 bits per heavy atom. The summed E-state index contributed by atoms with van der Waals surface area (Å²) in [6, 6.07) is 3.64. The summed E-state index contributed by atoms with van der Waals surface area (Å²) in [5.41, 5.74) is -0.238. The number of hydrogen-bond acceptors (Lipinski definition) is 4. The second-order valence-corrected chi connectivity index (χ2v) is 5.99. The lowest BCUT2D eigenvalue weighted by molar-refractivity contribution is -0.142. The van der Waals surface area contributed by atoms with E-state index in [4.69, 9.17) is 10.00 Å². The van der Waals surface area contributed by atoms with Gasteiger partial charge in [0.15, 0.2) is 0 Å². The van der Waals surface area contributed by atoms with Crippen LogP contribution in [0.3, 0.4) is 0 Å². The van der Waals surface area contributed by atoms with Crippen LogP contribution in [0, 0.1) is 11.3 Å². The topological polar surface area (TPSA) is 79.9 Å². The zero-order valence-electron chi connectivity index (χ0n) is 12.0. The van der Waals surface area contributed by atoms with Gasteiger partial charge in [-0.15, -0.1) is 0 Å². The van der Waals surface area contributed by atoms with Crippen molar-refractivity contribution in [3.63, 3.8) is 0 Å². The molecule has 1 saturated carbocycles. The van der Waals surface area contributed by atoms with Crippen molar-refractivity contribution in [3.05, 3.63) is 18.5 Å². The van der Waals surface area contributed by atoms with Crippen molar-refractivity contribution in [1.29, 1.82) is 5.26 Å². The molecule has 1 fully saturated rings. The van der Waals surface area contributed by atoms with Gasteiger partial charge in [-0.05, 0) is 33.3 Å². The van der Waals surface area contributed by atoms with Gasteiger partial charge in [-0.2, -0.15) is 10.4 Å². The summed E-state index contributed by atoms with van der Waals surface area (Å²) >= 11 is 0. The van der Waals surface area contributed by atoms with Gasteiger partial charge in [0.2, 0.25) is 5.91 Å². The fourth-order valence-corrected chi connectivity index (χ4v) is 2.45. The predicted octanol–water partition coefficient (Wildman–Crippen LogP) is 1.41. The Kier molecular flexibility index (Phi) is 4.09. The predicted molar refractivity (Wildman–Crippen MR) is 72.7 cm³/mol. The van der Waals surface area contributed by atoms with Crippen LogP contribution in [0.2, 0.25) is 0 Å². The molecule has 0 spiro atoms. The molecule has 1 N–H and O–H groups in total. The normalized spacial score (nSPS) is 25.6. The number of nitrogens with zero attached hydrogens (tertiary/aromatic N) is 3. The number of rotatable bonds is 4. The van der Waals surface area contributed by atoms with E-state index in [-0.39, 0.29) is 36.1 Å². The highest BCUT2D eigenvalue weighted by Gasteiger charge is 2.46. The van der Waals surface area contributed by atoms with Gasteiger partial charge in [0.1, 0.15) is 6.42 Å². The smallest absolute Gasteiger partial charge is 0.234 e. The van der Waals surface area contributed by atoms with E-state index in [0.29, 0.717) is 0 Å². The van der Waals surface area contributed by atoms with E-state index >= 15 is 0 Å². The summed E-state index contributed by atoms with van der Waals surface area (Å²) in [6.45, 7) is 6.03. The molecule has 3 atom stereocenters. The van der Waals surface area contributed by atoms with Crippen LogP contribution >= 0.6 is 0 Å². The number of amides is 1. The van der Waals surface area contributed by atoms with E-state index in [1.807, 2.05) is 43.8 Å². The molecule has 6 nitrogen and oxygen atoms in total. The Balaban J connectivity index is 2.05. The lowest BCUT2D eigenvalue weighted by Crippen LogP contribution is -2.58. The van der Waals surface area contributed by atoms with Crippen LogP contribution in [0.1, 0.15) is 39.7 Å². The Morgan fingerprint density at radius 2 is 2.35 bits per heavy atom. The minimum atomic E-state index is -0.246. The maximum atomic E-state index is 11.5. The quantitative estimate of drug-likeness (QED) is 0.901. The first-order valence-corrected chi connectivity index (χ1v) is 6.74. The summed E-state index contributed by atoms with van der Waals surface area (Å²) in [5.74, 6) is -0.246. The number of nitrogens with one attached hydrogen (secondary N) is 1. The van der Waals surface area contributed by atoms with Crippen LogP contribution in [-0.4, -0.2) is 33.4 Å². The molecule has 0 bridgehead atoms. The van der Waals surface area contributed by atoms with Gasteiger partial charge in [-0.1, -0.05) is 0 Å². The van der Waals surface area contributed by atoms with E-state index in [2.05, 4.69) is 10.4 Å². The third-order valence-corrected chi connectivity index (χ3v) is 3.20. The minimum absolute atomic E-state index is 0.0160. The summed E-state index contributed by atoms with van der Waals surface area (Å²) in [7, 11) is 0. The first kappa shape index (κ1) is 14.5. The first-order chi connectivity index (χ1) is 9.40. The molecule has 0 radical (unpaired) electrons. The van der Waals surface area contributed by atoms with Gasteiger partial charge in [0.25, 0.3) is 0 Å². The van der Waals surface area contributed by atoms with E-state index in [1.54, 1.807) is 6.20 Å². The molecule has 0 saturated heterocycles. The van der Waals surface area contributed by atoms with Crippen molar-refractivity contribution < 1.29 is 9.53 Å². The van der Waals surface area contributed by atoms with Gasteiger partial charge in [-0.3, -0.25) is 9.48 Å². The third-order valence-electron chi connectivity index (χ3n) is 3.20. The van der Waals surface area contributed by atoms with Crippen molar-refractivity contribution in [2.24, 2.45) is 0 Å². The molecule has 1 amide bonds. The number of hydrogen-bond donors (Lipinski definition) is 1. The molecule has 1 heterocycles. The second-order valence-electron chi connectivity index (χ2n) is 5.99. The van der Waals surface area contributed by atoms with Crippen LogP contribution in [0.5, 0.6) is 0 Å².